The molecule has 8 heteroatoms. The standard InChI is InChI=1S/C5H5FN2.C2HF3O2/c6-4-1-2-8-5(7)3-4;3-2(4,5)1(6)7/h1-3H,(H2,7,8);(H,6,7). The fourth-order valence-electron chi connectivity index (χ4n) is 0.421. The highest BCUT2D eigenvalue weighted by Gasteiger charge is 2.38. The number of hydrogen-bond donors (Lipinski definition) is 2. The summed E-state index contributed by atoms with van der Waals surface area (Å²) in [6.45, 7) is 0. The predicted octanol–water partition coefficient (Wildman–Crippen LogP) is 1.44. The number of nitrogens with zero attached hydrogens (tertiary/aromatic N) is 1. The maximum absolute atomic E-state index is 12.0. The highest BCUT2D eigenvalue weighted by Crippen LogP contribution is 2.13. The zero-order valence-electron chi connectivity index (χ0n) is 7.12. The van der Waals surface area contributed by atoms with Gasteiger partial charge in [-0.25, -0.2) is 14.2 Å². The molecule has 15 heavy (non-hydrogen) atoms. The van der Waals surface area contributed by atoms with Crippen molar-refractivity contribution >= 4 is 11.8 Å². The summed E-state index contributed by atoms with van der Waals surface area (Å²) in [4.78, 5) is 12.5. The van der Waals surface area contributed by atoms with E-state index in [1.807, 2.05) is 0 Å². The number of hydrogen-bond acceptors (Lipinski definition) is 3. The molecule has 0 spiro atoms. The Balaban J connectivity index is 0.000000265. The minimum absolute atomic E-state index is 0.213. The van der Waals surface area contributed by atoms with Crippen molar-refractivity contribution < 1.29 is 27.5 Å². The summed E-state index contributed by atoms with van der Waals surface area (Å²) in [5.41, 5.74) is 5.11. The summed E-state index contributed by atoms with van der Waals surface area (Å²) in [5, 5.41) is 7.12. The van der Waals surface area contributed by atoms with Gasteiger partial charge in [-0.05, 0) is 6.07 Å². The van der Waals surface area contributed by atoms with Crippen LogP contribution in [0.2, 0.25) is 0 Å². The number of rotatable bonds is 0. The van der Waals surface area contributed by atoms with Gasteiger partial charge in [-0.3, -0.25) is 0 Å². The minimum atomic E-state index is -5.08. The van der Waals surface area contributed by atoms with E-state index in [-0.39, 0.29) is 11.6 Å². The number of aliphatic carboxylic acids is 1. The van der Waals surface area contributed by atoms with E-state index in [1.165, 1.54) is 18.3 Å². The van der Waals surface area contributed by atoms with Crippen molar-refractivity contribution in [2.24, 2.45) is 0 Å². The number of halogens is 4. The fourth-order valence-corrected chi connectivity index (χ4v) is 0.421. The lowest BCUT2D eigenvalue weighted by atomic mass is 10.4. The molecule has 1 rings (SSSR count). The molecule has 0 aliphatic heterocycles. The third kappa shape index (κ3) is 6.24. The highest BCUT2D eigenvalue weighted by atomic mass is 19.4. The van der Waals surface area contributed by atoms with Crippen LogP contribution in [0, 0.1) is 5.82 Å². The molecule has 0 fully saturated rings. The summed E-state index contributed by atoms with van der Waals surface area (Å²) in [6.07, 6.45) is -3.76. The second kappa shape index (κ2) is 5.13. The summed E-state index contributed by atoms with van der Waals surface area (Å²) in [7, 11) is 0. The largest absolute Gasteiger partial charge is 0.490 e. The van der Waals surface area contributed by atoms with Crippen LogP contribution in [0.25, 0.3) is 0 Å². The second-order valence-electron chi connectivity index (χ2n) is 2.20. The minimum Gasteiger partial charge on any atom is -0.475 e. The summed E-state index contributed by atoms with van der Waals surface area (Å²) in [6, 6.07) is 2.41. The van der Waals surface area contributed by atoms with Crippen molar-refractivity contribution in [3.8, 4) is 0 Å². The van der Waals surface area contributed by atoms with Gasteiger partial charge in [0.1, 0.15) is 11.6 Å². The smallest absolute Gasteiger partial charge is 0.475 e. The average molecular weight is 226 g/mol. The van der Waals surface area contributed by atoms with Crippen molar-refractivity contribution in [2.45, 2.75) is 6.18 Å². The Hall–Kier alpha value is -1.86. The molecule has 0 aliphatic rings. The third-order valence-electron chi connectivity index (χ3n) is 0.986. The Bertz CT molecular complexity index is 323. The van der Waals surface area contributed by atoms with E-state index in [1.54, 1.807) is 0 Å². The van der Waals surface area contributed by atoms with E-state index in [2.05, 4.69) is 4.98 Å². The molecule has 0 saturated heterocycles. The first-order chi connectivity index (χ1) is 6.73. The van der Waals surface area contributed by atoms with E-state index >= 15 is 0 Å². The van der Waals surface area contributed by atoms with Gasteiger partial charge in [0, 0.05) is 12.3 Å². The van der Waals surface area contributed by atoms with E-state index in [0.717, 1.165) is 0 Å². The van der Waals surface area contributed by atoms with Crippen molar-refractivity contribution in [3.63, 3.8) is 0 Å². The molecule has 3 N–H and O–H groups in total. The molecule has 0 radical (unpaired) electrons. The van der Waals surface area contributed by atoms with Crippen LogP contribution in [0.3, 0.4) is 0 Å². The first-order valence-corrected chi connectivity index (χ1v) is 3.40. The van der Waals surface area contributed by atoms with Crippen molar-refractivity contribution in [2.75, 3.05) is 5.73 Å². The topological polar surface area (TPSA) is 76.2 Å². The molecule has 0 aromatic carbocycles. The Labute approximate surface area is 81.3 Å². The van der Waals surface area contributed by atoms with Crippen LogP contribution >= 0.6 is 0 Å². The number of alkyl halides is 3. The fraction of sp³-hybridized carbons (Fsp3) is 0.143. The lowest BCUT2D eigenvalue weighted by molar-refractivity contribution is -0.192. The SMILES string of the molecule is Nc1cc(F)ccn1.O=C(O)C(F)(F)F. The molecule has 1 heterocycles. The van der Waals surface area contributed by atoms with Crippen molar-refractivity contribution in [1.82, 2.24) is 4.98 Å². The molecule has 0 bridgehead atoms. The van der Waals surface area contributed by atoms with Crippen LogP contribution in [0.15, 0.2) is 18.3 Å². The van der Waals surface area contributed by atoms with Crippen molar-refractivity contribution in [1.29, 1.82) is 0 Å². The van der Waals surface area contributed by atoms with Crippen molar-refractivity contribution in [3.05, 3.63) is 24.1 Å². The van der Waals surface area contributed by atoms with Crippen LogP contribution in [0.5, 0.6) is 0 Å². The van der Waals surface area contributed by atoms with Gasteiger partial charge in [0.2, 0.25) is 0 Å². The maximum atomic E-state index is 12.0. The first kappa shape index (κ1) is 13.1. The highest BCUT2D eigenvalue weighted by molar-refractivity contribution is 5.73. The number of pyridine rings is 1. The van der Waals surface area contributed by atoms with Crippen LogP contribution in [-0.2, 0) is 4.79 Å². The lowest BCUT2D eigenvalue weighted by Gasteiger charge is -1.93. The maximum Gasteiger partial charge on any atom is 0.490 e. The molecular weight excluding hydrogens is 220 g/mol. The molecule has 4 nitrogen and oxygen atoms in total. The number of carboxylic acids is 1. The van der Waals surface area contributed by atoms with Crippen LogP contribution in [0.4, 0.5) is 23.4 Å². The number of carbonyl (C=O) groups is 1. The van der Waals surface area contributed by atoms with Gasteiger partial charge >= 0.3 is 12.1 Å². The average Bonchev–Trinajstić information content (AvgIpc) is 2.02. The van der Waals surface area contributed by atoms with Crippen LogP contribution in [0.1, 0.15) is 0 Å². The number of anilines is 1. The van der Waals surface area contributed by atoms with E-state index in [0.29, 0.717) is 0 Å². The second-order valence-corrected chi connectivity index (χ2v) is 2.20. The van der Waals surface area contributed by atoms with Gasteiger partial charge in [0.25, 0.3) is 0 Å². The monoisotopic (exact) mass is 226 g/mol. The van der Waals surface area contributed by atoms with Gasteiger partial charge in [-0.2, -0.15) is 13.2 Å². The Kier molecular flexibility index (Phi) is 4.49. The first-order valence-electron chi connectivity index (χ1n) is 3.40. The summed E-state index contributed by atoms with van der Waals surface area (Å²) >= 11 is 0. The van der Waals surface area contributed by atoms with Crippen LogP contribution in [-0.4, -0.2) is 22.2 Å². The van der Waals surface area contributed by atoms with Gasteiger partial charge < -0.3 is 10.8 Å². The van der Waals surface area contributed by atoms with Gasteiger partial charge in [0.15, 0.2) is 0 Å². The lowest BCUT2D eigenvalue weighted by Crippen LogP contribution is -2.21. The summed E-state index contributed by atoms with van der Waals surface area (Å²) < 4.78 is 43.8. The van der Waals surface area contributed by atoms with Gasteiger partial charge in [-0.15, -0.1) is 0 Å². The Morgan fingerprint density at radius 1 is 1.47 bits per heavy atom. The molecule has 84 valence electrons. The number of aromatic nitrogens is 1. The Morgan fingerprint density at radius 3 is 2.13 bits per heavy atom. The van der Waals surface area contributed by atoms with Crippen LogP contribution < -0.4 is 5.73 Å². The quantitative estimate of drug-likeness (QED) is 0.656. The molecular formula is C7H6F4N2O2. The molecule has 0 saturated carbocycles. The Morgan fingerprint density at radius 2 is 1.93 bits per heavy atom. The molecule has 1 aromatic heterocycles. The number of nitrogens with two attached hydrogens (primary N) is 1. The zero-order chi connectivity index (χ0) is 12.1. The van der Waals surface area contributed by atoms with Gasteiger partial charge in [0.05, 0.1) is 0 Å². The normalized spacial score (nSPS) is 10.1. The molecule has 0 amide bonds. The van der Waals surface area contributed by atoms with E-state index in [4.69, 9.17) is 15.6 Å². The number of nitrogen functional groups attached to an aromatic ring is 1. The molecule has 0 atom stereocenters. The third-order valence-corrected chi connectivity index (χ3v) is 0.986. The van der Waals surface area contributed by atoms with E-state index < -0.39 is 12.1 Å². The number of carboxylic acid groups (broad SMARTS) is 1. The van der Waals surface area contributed by atoms with Gasteiger partial charge in [-0.1, -0.05) is 0 Å². The van der Waals surface area contributed by atoms with E-state index in [9.17, 15) is 17.6 Å². The molecule has 1 aromatic rings. The summed E-state index contributed by atoms with van der Waals surface area (Å²) in [5.74, 6) is -2.89. The zero-order valence-corrected chi connectivity index (χ0v) is 7.12. The molecule has 0 aliphatic carbocycles. The predicted molar refractivity (Wildman–Crippen MR) is 42.3 cm³/mol. The molecule has 0 unspecified atom stereocenters.